The average Bonchev–Trinajstić information content (AvgIpc) is 2.70. The van der Waals surface area contributed by atoms with Crippen LogP contribution >= 0.6 is 0 Å². The quantitative estimate of drug-likeness (QED) is 0.445. The summed E-state index contributed by atoms with van der Waals surface area (Å²) in [6, 6.07) is 8.97. The van der Waals surface area contributed by atoms with Gasteiger partial charge in [0.2, 0.25) is 0 Å². The Bertz CT molecular complexity index is 704. The highest BCUT2D eigenvalue weighted by atomic mass is 16.5. The van der Waals surface area contributed by atoms with Crippen LogP contribution in [0.1, 0.15) is 38.2 Å². The molecule has 1 heterocycles. The molecular weight excluding hydrogens is 332 g/mol. The van der Waals surface area contributed by atoms with Gasteiger partial charge in [-0.25, -0.2) is 4.79 Å². The van der Waals surface area contributed by atoms with Crippen molar-refractivity contribution in [3.8, 4) is 11.8 Å². The molecule has 2 rings (SSSR count). The first kappa shape index (κ1) is 19.5. The number of esters is 1. The molecular formula is C20H24N2O4. The van der Waals surface area contributed by atoms with Gasteiger partial charge in [-0.2, -0.15) is 5.26 Å². The van der Waals surface area contributed by atoms with Crippen LogP contribution in [0, 0.1) is 11.3 Å². The van der Waals surface area contributed by atoms with Gasteiger partial charge in [-0.05, 0) is 49.5 Å². The van der Waals surface area contributed by atoms with Crippen LogP contribution in [0.5, 0.6) is 5.75 Å². The van der Waals surface area contributed by atoms with Crippen molar-refractivity contribution in [2.45, 2.75) is 38.6 Å². The van der Waals surface area contributed by atoms with Crippen LogP contribution in [0.15, 0.2) is 29.8 Å². The van der Waals surface area contributed by atoms with E-state index in [1.807, 2.05) is 13.0 Å². The minimum absolute atomic E-state index is 0.145. The Morgan fingerprint density at radius 2 is 2.04 bits per heavy atom. The highest BCUT2D eigenvalue weighted by Gasteiger charge is 2.26. The molecule has 1 aromatic rings. The third kappa shape index (κ3) is 5.09. The van der Waals surface area contributed by atoms with Gasteiger partial charge in [-0.3, -0.25) is 4.79 Å². The summed E-state index contributed by atoms with van der Waals surface area (Å²) < 4.78 is 10.1. The number of piperidine rings is 1. The van der Waals surface area contributed by atoms with E-state index in [1.165, 1.54) is 6.08 Å². The molecule has 0 spiro atoms. The monoisotopic (exact) mass is 356 g/mol. The zero-order valence-corrected chi connectivity index (χ0v) is 15.2. The number of carbonyl (C=O) groups is 2. The van der Waals surface area contributed by atoms with E-state index in [0.717, 1.165) is 25.7 Å². The van der Waals surface area contributed by atoms with Crippen LogP contribution in [0.25, 0.3) is 6.08 Å². The van der Waals surface area contributed by atoms with E-state index in [4.69, 9.17) is 9.47 Å². The zero-order valence-electron chi connectivity index (χ0n) is 15.2. The second-order valence-corrected chi connectivity index (χ2v) is 6.16. The molecule has 1 atom stereocenters. The molecule has 1 fully saturated rings. The summed E-state index contributed by atoms with van der Waals surface area (Å²) in [5, 5.41) is 9.21. The lowest BCUT2D eigenvalue weighted by Gasteiger charge is -2.35. The minimum atomic E-state index is -0.790. The van der Waals surface area contributed by atoms with E-state index in [-0.39, 0.29) is 24.1 Å². The van der Waals surface area contributed by atoms with Crippen molar-refractivity contribution in [3.63, 3.8) is 0 Å². The van der Waals surface area contributed by atoms with Gasteiger partial charge in [0.25, 0.3) is 5.91 Å². The van der Waals surface area contributed by atoms with Crippen molar-refractivity contribution >= 4 is 18.0 Å². The van der Waals surface area contributed by atoms with Crippen molar-refractivity contribution in [2.24, 2.45) is 0 Å². The number of likely N-dealkylation sites (tertiary alicyclic amines) is 1. The smallest absolute Gasteiger partial charge is 0.349 e. The highest BCUT2D eigenvalue weighted by molar-refractivity contribution is 5.98. The molecule has 0 bridgehead atoms. The summed E-state index contributed by atoms with van der Waals surface area (Å²) in [4.78, 5) is 26.3. The summed E-state index contributed by atoms with van der Waals surface area (Å²) in [6.07, 6.45) is 5.39. The molecule has 1 aromatic carbocycles. The van der Waals surface area contributed by atoms with E-state index >= 15 is 0 Å². The first-order valence-corrected chi connectivity index (χ1v) is 8.81. The Morgan fingerprint density at radius 1 is 1.31 bits per heavy atom. The Labute approximate surface area is 154 Å². The molecule has 0 N–H and O–H groups in total. The number of methoxy groups -OCH3 is 1. The van der Waals surface area contributed by atoms with Crippen molar-refractivity contribution in [2.75, 3.05) is 20.3 Å². The maximum Gasteiger partial charge on any atom is 0.349 e. The topological polar surface area (TPSA) is 79.6 Å². The maximum absolute atomic E-state index is 12.3. The number of carbonyl (C=O) groups excluding carboxylic acids is 2. The predicted molar refractivity (Wildman–Crippen MR) is 97.2 cm³/mol. The summed E-state index contributed by atoms with van der Waals surface area (Å²) in [5.41, 5.74) is 0.529. The van der Waals surface area contributed by atoms with Gasteiger partial charge in [-0.15, -0.1) is 0 Å². The van der Waals surface area contributed by atoms with Crippen molar-refractivity contribution < 1.29 is 19.1 Å². The van der Waals surface area contributed by atoms with E-state index in [1.54, 1.807) is 36.3 Å². The molecule has 0 aliphatic carbocycles. The van der Waals surface area contributed by atoms with Crippen LogP contribution in [-0.4, -0.2) is 43.1 Å². The van der Waals surface area contributed by atoms with Gasteiger partial charge < -0.3 is 14.4 Å². The molecule has 0 unspecified atom stereocenters. The molecule has 138 valence electrons. The number of ether oxygens (including phenoxy) is 2. The van der Waals surface area contributed by atoms with Gasteiger partial charge >= 0.3 is 5.97 Å². The van der Waals surface area contributed by atoms with Gasteiger partial charge in [0.05, 0.1) is 7.11 Å². The fourth-order valence-electron chi connectivity index (χ4n) is 3.04. The summed E-state index contributed by atoms with van der Waals surface area (Å²) in [7, 11) is 1.56. The molecule has 1 saturated heterocycles. The standard InChI is InChI=1S/C20H24N2O4/c1-3-17-6-4-5-11-22(17)19(23)14-26-20(24)16(13-21)12-15-7-9-18(25-2)10-8-15/h7-10,12,17H,3-6,11,14H2,1-2H3/b16-12+/t17-/m1/s1. The Kier molecular flexibility index (Phi) is 7.22. The van der Waals surface area contributed by atoms with Crippen LogP contribution < -0.4 is 4.74 Å². The normalized spacial score (nSPS) is 17.3. The van der Waals surface area contributed by atoms with Crippen molar-refractivity contribution in [1.82, 2.24) is 4.90 Å². The number of rotatable bonds is 6. The summed E-state index contributed by atoms with van der Waals surface area (Å²) >= 11 is 0. The van der Waals surface area contributed by atoms with Crippen molar-refractivity contribution in [3.05, 3.63) is 35.4 Å². The number of amides is 1. The zero-order chi connectivity index (χ0) is 18.9. The van der Waals surface area contributed by atoms with Crippen LogP contribution in [0.3, 0.4) is 0 Å². The fourth-order valence-corrected chi connectivity index (χ4v) is 3.04. The fraction of sp³-hybridized carbons (Fsp3) is 0.450. The average molecular weight is 356 g/mol. The molecule has 1 aliphatic rings. The summed E-state index contributed by atoms with van der Waals surface area (Å²) in [5.74, 6) is -0.311. The first-order chi connectivity index (χ1) is 12.6. The molecule has 6 heteroatoms. The van der Waals surface area contributed by atoms with Crippen LogP contribution in [-0.2, 0) is 14.3 Å². The number of nitriles is 1. The van der Waals surface area contributed by atoms with Crippen molar-refractivity contribution in [1.29, 1.82) is 5.26 Å². The lowest BCUT2D eigenvalue weighted by atomic mass is 10.00. The van der Waals surface area contributed by atoms with Gasteiger partial charge in [0, 0.05) is 12.6 Å². The molecule has 0 saturated carbocycles. The second kappa shape index (κ2) is 9.62. The number of nitrogens with zero attached hydrogens (tertiary/aromatic N) is 2. The first-order valence-electron chi connectivity index (χ1n) is 8.81. The number of hydrogen-bond donors (Lipinski definition) is 0. The highest BCUT2D eigenvalue weighted by Crippen LogP contribution is 2.20. The molecule has 0 aromatic heterocycles. The molecule has 6 nitrogen and oxygen atoms in total. The predicted octanol–water partition coefficient (Wildman–Crippen LogP) is 2.94. The Morgan fingerprint density at radius 3 is 2.65 bits per heavy atom. The SMILES string of the molecule is CC[C@@H]1CCCCN1C(=O)COC(=O)/C(C#N)=C/c1ccc(OC)cc1. The Hall–Kier alpha value is -2.81. The lowest BCUT2D eigenvalue weighted by Crippen LogP contribution is -2.45. The Balaban J connectivity index is 1.97. The molecule has 1 aliphatic heterocycles. The third-order valence-electron chi connectivity index (χ3n) is 4.51. The molecule has 0 radical (unpaired) electrons. The van der Waals surface area contributed by atoms with Gasteiger partial charge in [0.15, 0.2) is 6.61 Å². The largest absolute Gasteiger partial charge is 0.497 e. The number of hydrogen-bond acceptors (Lipinski definition) is 5. The number of benzene rings is 1. The second-order valence-electron chi connectivity index (χ2n) is 6.16. The van der Waals surface area contributed by atoms with E-state index in [2.05, 4.69) is 0 Å². The van der Waals surface area contributed by atoms with E-state index < -0.39 is 5.97 Å². The molecule has 26 heavy (non-hydrogen) atoms. The van der Waals surface area contributed by atoms with Gasteiger partial charge in [0.1, 0.15) is 17.4 Å². The summed E-state index contributed by atoms with van der Waals surface area (Å²) in [6.45, 7) is 2.41. The maximum atomic E-state index is 12.3. The van der Waals surface area contributed by atoms with E-state index in [9.17, 15) is 14.9 Å². The van der Waals surface area contributed by atoms with Crippen LogP contribution in [0.4, 0.5) is 0 Å². The van der Waals surface area contributed by atoms with E-state index in [0.29, 0.717) is 17.9 Å². The van der Waals surface area contributed by atoms with Crippen LogP contribution in [0.2, 0.25) is 0 Å². The lowest BCUT2D eigenvalue weighted by molar-refractivity contribution is -0.150. The molecule has 1 amide bonds. The van der Waals surface area contributed by atoms with Gasteiger partial charge in [-0.1, -0.05) is 19.1 Å². The minimum Gasteiger partial charge on any atom is -0.497 e. The third-order valence-corrected chi connectivity index (χ3v) is 4.51.